The number of alkyl halides is 3. The normalized spacial score (nSPS) is 15.5. The molecule has 1 amide bonds. The lowest BCUT2D eigenvalue weighted by atomic mass is 10.0. The average molecular weight is 418 g/mol. The van der Waals surface area contributed by atoms with E-state index in [1.807, 2.05) is 6.92 Å². The molecule has 6 nitrogen and oxygen atoms in total. The van der Waals surface area contributed by atoms with Gasteiger partial charge in [0.15, 0.2) is 0 Å². The molecule has 0 radical (unpaired) electrons. The van der Waals surface area contributed by atoms with Gasteiger partial charge in [-0.2, -0.15) is 13.2 Å². The van der Waals surface area contributed by atoms with Gasteiger partial charge < -0.3 is 9.64 Å². The van der Waals surface area contributed by atoms with Crippen molar-refractivity contribution in [2.75, 3.05) is 19.7 Å². The molecule has 1 aromatic heterocycles. The van der Waals surface area contributed by atoms with Crippen LogP contribution in [0.2, 0.25) is 0 Å². The summed E-state index contributed by atoms with van der Waals surface area (Å²) in [6, 6.07) is 10.5. The fourth-order valence-electron chi connectivity index (χ4n) is 3.74. The summed E-state index contributed by atoms with van der Waals surface area (Å²) >= 11 is 0. The number of rotatable bonds is 4. The summed E-state index contributed by atoms with van der Waals surface area (Å²) in [6.07, 6.45) is -3.10. The van der Waals surface area contributed by atoms with Gasteiger partial charge in [0.2, 0.25) is 0 Å². The highest BCUT2D eigenvalue weighted by Crippen LogP contribution is 2.32. The van der Waals surface area contributed by atoms with Gasteiger partial charge in [-0.3, -0.25) is 4.79 Å². The van der Waals surface area contributed by atoms with E-state index in [0.29, 0.717) is 43.6 Å². The lowest BCUT2D eigenvalue weighted by molar-refractivity contribution is -0.137. The minimum absolute atomic E-state index is 0.0175. The minimum Gasteiger partial charge on any atom is -0.494 e. The predicted octanol–water partition coefficient (Wildman–Crippen LogP) is 4.33. The Morgan fingerprint density at radius 1 is 1.13 bits per heavy atom. The number of nitrogens with zero attached hydrogens (tertiary/aromatic N) is 4. The van der Waals surface area contributed by atoms with Crippen molar-refractivity contribution in [3.05, 3.63) is 53.6 Å². The standard InChI is InChI=1S/C21H21F3N4O2/c1-2-30-17-6-3-14(4-7-17)20(29)27-11-9-16(10-12-27)28-19-8-5-15(21(22,23)24)13-18(19)25-26-28/h3-8,13,16H,2,9-12H2,1H3. The second-order valence-corrected chi connectivity index (χ2v) is 7.22. The lowest BCUT2D eigenvalue weighted by Gasteiger charge is -2.32. The largest absolute Gasteiger partial charge is 0.494 e. The second-order valence-electron chi connectivity index (χ2n) is 7.22. The first-order valence-corrected chi connectivity index (χ1v) is 9.81. The first-order chi connectivity index (χ1) is 14.4. The van der Waals surface area contributed by atoms with Gasteiger partial charge in [0.05, 0.1) is 23.7 Å². The maximum Gasteiger partial charge on any atom is 0.416 e. The molecule has 3 aromatic rings. The molecule has 1 aliphatic heterocycles. The highest BCUT2D eigenvalue weighted by atomic mass is 19.4. The Bertz CT molecular complexity index is 1040. The SMILES string of the molecule is CCOc1ccc(C(=O)N2CCC(n3nnc4cc(C(F)(F)F)ccc43)CC2)cc1. The summed E-state index contributed by atoms with van der Waals surface area (Å²) in [5.74, 6) is 0.675. The van der Waals surface area contributed by atoms with Crippen LogP contribution >= 0.6 is 0 Å². The van der Waals surface area contributed by atoms with Gasteiger partial charge in [-0.05, 0) is 62.2 Å². The molecule has 4 rings (SSSR count). The quantitative estimate of drug-likeness (QED) is 0.633. The van der Waals surface area contributed by atoms with Crippen LogP contribution in [0.1, 0.15) is 41.7 Å². The number of carbonyl (C=O) groups excluding carboxylic acids is 1. The molecule has 158 valence electrons. The van der Waals surface area contributed by atoms with E-state index in [9.17, 15) is 18.0 Å². The third-order valence-corrected chi connectivity index (χ3v) is 5.31. The highest BCUT2D eigenvalue weighted by Gasteiger charge is 2.32. The molecule has 0 aliphatic carbocycles. The van der Waals surface area contributed by atoms with Crippen LogP contribution in [-0.2, 0) is 6.18 Å². The van der Waals surface area contributed by atoms with Crippen LogP contribution in [-0.4, -0.2) is 45.5 Å². The van der Waals surface area contributed by atoms with E-state index in [4.69, 9.17) is 4.74 Å². The number of likely N-dealkylation sites (tertiary alicyclic amines) is 1. The number of ether oxygens (including phenoxy) is 1. The van der Waals surface area contributed by atoms with Crippen LogP contribution < -0.4 is 4.74 Å². The molecular weight excluding hydrogens is 397 g/mol. The third-order valence-electron chi connectivity index (χ3n) is 5.31. The van der Waals surface area contributed by atoms with E-state index in [2.05, 4.69) is 10.3 Å². The van der Waals surface area contributed by atoms with Crippen LogP contribution in [0, 0.1) is 0 Å². The molecule has 9 heteroatoms. The summed E-state index contributed by atoms with van der Waals surface area (Å²) in [5.41, 5.74) is 0.651. The highest BCUT2D eigenvalue weighted by molar-refractivity contribution is 5.94. The third kappa shape index (κ3) is 3.96. The van der Waals surface area contributed by atoms with Crippen molar-refractivity contribution in [3.8, 4) is 5.75 Å². The zero-order valence-electron chi connectivity index (χ0n) is 16.4. The van der Waals surface area contributed by atoms with Crippen molar-refractivity contribution < 1.29 is 22.7 Å². The molecular formula is C21H21F3N4O2. The van der Waals surface area contributed by atoms with Crippen molar-refractivity contribution >= 4 is 16.9 Å². The molecule has 0 N–H and O–H groups in total. The second kappa shape index (κ2) is 7.97. The first kappa shape index (κ1) is 20.2. The Balaban J connectivity index is 1.43. The summed E-state index contributed by atoms with van der Waals surface area (Å²) in [6.45, 7) is 3.55. The van der Waals surface area contributed by atoms with E-state index in [1.54, 1.807) is 33.8 Å². The van der Waals surface area contributed by atoms with Crippen molar-refractivity contribution in [1.82, 2.24) is 19.9 Å². The van der Waals surface area contributed by atoms with Crippen LogP contribution in [0.4, 0.5) is 13.2 Å². The number of hydrogen-bond acceptors (Lipinski definition) is 4. The fourth-order valence-corrected chi connectivity index (χ4v) is 3.74. The number of aromatic nitrogens is 3. The van der Waals surface area contributed by atoms with E-state index in [1.165, 1.54) is 6.07 Å². The van der Waals surface area contributed by atoms with Gasteiger partial charge in [0, 0.05) is 18.7 Å². The van der Waals surface area contributed by atoms with Crippen LogP contribution in [0.25, 0.3) is 11.0 Å². The molecule has 0 saturated carbocycles. The average Bonchev–Trinajstić information content (AvgIpc) is 3.17. The smallest absolute Gasteiger partial charge is 0.416 e. The topological polar surface area (TPSA) is 60.2 Å². The lowest BCUT2D eigenvalue weighted by Crippen LogP contribution is -2.39. The van der Waals surface area contributed by atoms with Crippen LogP contribution in [0.3, 0.4) is 0 Å². The van der Waals surface area contributed by atoms with Gasteiger partial charge in [-0.15, -0.1) is 5.10 Å². The summed E-state index contributed by atoms with van der Waals surface area (Å²) in [4.78, 5) is 14.5. The van der Waals surface area contributed by atoms with Gasteiger partial charge in [-0.25, -0.2) is 4.68 Å². The van der Waals surface area contributed by atoms with Crippen LogP contribution in [0.5, 0.6) is 5.75 Å². The number of halogens is 3. The van der Waals surface area contributed by atoms with E-state index in [0.717, 1.165) is 17.9 Å². The molecule has 0 unspecified atom stereocenters. The predicted molar refractivity (Wildman–Crippen MR) is 104 cm³/mol. The molecule has 0 bridgehead atoms. The number of piperidine rings is 1. The summed E-state index contributed by atoms with van der Waals surface area (Å²) in [7, 11) is 0. The zero-order chi connectivity index (χ0) is 21.3. The maximum absolute atomic E-state index is 12.9. The molecule has 0 spiro atoms. The zero-order valence-corrected chi connectivity index (χ0v) is 16.4. The Morgan fingerprint density at radius 3 is 2.47 bits per heavy atom. The van der Waals surface area contributed by atoms with E-state index < -0.39 is 11.7 Å². The van der Waals surface area contributed by atoms with Crippen molar-refractivity contribution in [2.45, 2.75) is 32.0 Å². The fraction of sp³-hybridized carbons (Fsp3) is 0.381. The molecule has 30 heavy (non-hydrogen) atoms. The monoisotopic (exact) mass is 418 g/mol. The molecule has 1 fully saturated rings. The Kier molecular flexibility index (Phi) is 5.36. The molecule has 2 heterocycles. The molecule has 2 aromatic carbocycles. The van der Waals surface area contributed by atoms with E-state index >= 15 is 0 Å². The number of hydrogen-bond donors (Lipinski definition) is 0. The van der Waals surface area contributed by atoms with E-state index in [-0.39, 0.29) is 17.5 Å². The molecule has 0 atom stereocenters. The van der Waals surface area contributed by atoms with Gasteiger partial charge in [0.1, 0.15) is 11.3 Å². The van der Waals surface area contributed by atoms with Gasteiger partial charge in [-0.1, -0.05) is 5.21 Å². The number of benzene rings is 2. The first-order valence-electron chi connectivity index (χ1n) is 9.81. The number of carbonyl (C=O) groups is 1. The van der Waals surface area contributed by atoms with Crippen LogP contribution in [0.15, 0.2) is 42.5 Å². The summed E-state index contributed by atoms with van der Waals surface area (Å²) < 4.78 is 45.8. The Hall–Kier alpha value is -3.10. The number of fused-ring (bicyclic) bond motifs is 1. The Morgan fingerprint density at radius 2 is 1.83 bits per heavy atom. The van der Waals surface area contributed by atoms with Crippen molar-refractivity contribution in [3.63, 3.8) is 0 Å². The number of amides is 1. The molecule has 1 aliphatic rings. The summed E-state index contributed by atoms with van der Waals surface area (Å²) in [5, 5.41) is 7.99. The van der Waals surface area contributed by atoms with Crippen molar-refractivity contribution in [1.29, 1.82) is 0 Å². The maximum atomic E-state index is 12.9. The minimum atomic E-state index is -4.41. The van der Waals surface area contributed by atoms with Gasteiger partial charge >= 0.3 is 6.18 Å². The molecule has 1 saturated heterocycles. The Labute approximate surface area is 171 Å². The van der Waals surface area contributed by atoms with Crippen molar-refractivity contribution in [2.24, 2.45) is 0 Å². The van der Waals surface area contributed by atoms with Gasteiger partial charge in [0.25, 0.3) is 5.91 Å².